The highest BCUT2D eigenvalue weighted by molar-refractivity contribution is 7.92. The number of sulfonamides is 1. The maximum Gasteiger partial charge on any atom is 0.303 e. The quantitative estimate of drug-likeness (QED) is 0.590. The van der Waals surface area contributed by atoms with Crippen molar-refractivity contribution >= 4 is 25.8 Å². The summed E-state index contributed by atoms with van der Waals surface area (Å²) in [5.41, 5.74) is 0. The molecule has 0 aromatic rings. The Morgan fingerprint density at radius 1 is 1.10 bits per heavy atom. The van der Waals surface area contributed by atoms with E-state index >= 15 is 0 Å². The third-order valence-electron chi connectivity index (χ3n) is 3.56. The molecule has 7 nitrogen and oxygen atoms in total. The van der Waals surface area contributed by atoms with E-state index in [2.05, 4.69) is 4.72 Å². The number of carboxylic acid groups (broad SMARTS) is 1. The van der Waals surface area contributed by atoms with Crippen molar-refractivity contribution in [3.8, 4) is 0 Å². The van der Waals surface area contributed by atoms with Crippen LogP contribution in [0.5, 0.6) is 0 Å². The average Bonchev–Trinajstić information content (AvgIpc) is 2.36. The fraction of sp³-hybridized carbons (Fsp3) is 0.917. The number of hydrogen-bond acceptors (Lipinski definition) is 5. The Balaban J connectivity index is 2.20. The molecule has 0 radical (unpaired) electrons. The molecule has 0 unspecified atom stereocenters. The Morgan fingerprint density at radius 3 is 2.24 bits per heavy atom. The van der Waals surface area contributed by atoms with E-state index in [1.807, 2.05) is 0 Å². The summed E-state index contributed by atoms with van der Waals surface area (Å²) in [6.07, 6.45) is 3.26. The first-order valence-electron chi connectivity index (χ1n) is 7.14. The van der Waals surface area contributed by atoms with Gasteiger partial charge in [-0.3, -0.25) is 4.79 Å². The zero-order valence-electron chi connectivity index (χ0n) is 12.0. The van der Waals surface area contributed by atoms with Gasteiger partial charge in [0.15, 0.2) is 0 Å². The number of aliphatic carboxylic acids is 1. The number of nitrogens with one attached hydrogen (secondary N) is 1. The van der Waals surface area contributed by atoms with Gasteiger partial charge < -0.3 is 5.11 Å². The molecule has 1 aliphatic heterocycles. The molecule has 9 heteroatoms. The normalized spacial score (nSPS) is 19.4. The molecule has 0 amide bonds. The van der Waals surface area contributed by atoms with Gasteiger partial charge in [0, 0.05) is 13.0 Å². The third kappa shape index (κ3) is 7.23. The van der Waals surface area contributed by atoms with Crippen molar-refractivity contribution in [2.75, 3.05) is 18.1 Å². The standard InChI is InChI=1S/C12H23NO6S2/c14-12(15)5-3-1-2-4-8-13-21(18,19)11-6-9-20(16,17)10-7-11/h11,13H,1-10H2,(H,14,15). The minimum atomic E-state index is -3.45. The molecule has 0 saturated carbocycles. The van der Waals surface area contributed by atoms with Crippen LogP contribution in [-0.2, 0) is 24.7 Å². The van der Waals surface area contributed by atoms with Gasteiger partial charge in [-0.2, -0.15) is 0 Å². The van der Waals surface area contributed by atoms with Gasteiger partial charge in [0.1, 0.15) is 9.84 Å². The summed E-state index contributed by atoms with van der Waals surface area (Å²) < 4.78 is 49.0. The van der Waals surface area contributed by atoms with Crippen LogP contribution in [0.4, 0.5) is 0 Å². The van der Waals surface area contributed by atoms with Gasteiger partial charge in [-0.05, 0) is 25.7 Å². The second-order valence-corrected chi connectivity index (χ2v) is 9.70. The molecule has 0 spiro atoms. The molecule has 1 saturated heterocycles. The average molecular weight is 341 g/mol. The van der Waals surface area contributed by atoms with Crippen molar-refractivity contribution in [1.29, 1.82) is 0 Å². The predicted molar refractivity (Wildman–Crippen MR) is 79.3 cm³/mol. The topological polar surface area (TPSA) is 118 Å². The highest BCUT2D eigenvalue weighted by atomic mass is 32.2. The summed E-state index contributed by atoms with van der Waals surface area (Å²) in [5.74, 6) is -0.940. The lowest BCUT2D eigenvalue weighted by Crippen LogP contribution is -2.40. The summed E-state index contributed by atoms with van der Waals surface area (Å²) in [7, 11) is -6.51. The van der Waals surface area contributed by atoms with Gasteiger partial charge in [-0.15, -0.1) is 0 Å². The molecule has 2 N–H and O–H groups in total. The highest BCUT2D eigenvalue weighted by Gasteiger charge is 2.32. The maximum atomic E-state index is 12.0. The maximum absolute atomic E-state index is 12.0. The van der Waals surface area contributed by atoms with Crippen LogP contribution in [0.25, 0.3) is 0 Å². The number of rotatable bonds is 9. The lowest BCUT2D eigenvalue weighted by molar-refractivity contribution is -0.137. The lowest BCUT2D eigenvalue weighted by atomic mass is 10.1. The largest absolute Gasteiger partial charge is 0.481 e. The zero-order chi connectivity index (χ0) is 15.9. The van der Waals surface area contributed by atoms with Crippen LogP contribution in [0.2, 0.25) is 0 Å². The minimum Gasteiger partial charge on any atom is -0.481 e. The Hall–Kier alpha value is -0.670. The Bertz CT molecular complexity index is 526. The van der Waals surface area contributed by atoms with Gasteiger partial charge in [-0.25, -0.2) is 21.6 Å². The first-order valence-corrected chi connectivity index (χ1v) is 10.5. The van der Waals surface area contributed by atoms with E-state index in [4.69, 9.17) is 5.11 Å². The fourth-order valence-electron chi connectivity index (χ4n) is 2.27. The fourth-order valence-corrected chi connectivity index (χ4v) is 5.58. The number of carbonyl (C=O) groups is 1. The number of carboxylic acids is 1. The van der Waals surface area contributed by atoms with Gasteiger partial charge in [0.25, 0.3) is 0 Å². The second-order valence-electron chi connectivity index (χ2n) is 5.35. The number of hydrogen-bond donors (Lipinski definition) is 2. The molecule has 1 heterocycles. The molecular weight excluding hydrogens is 318 g/mol. The van der Waals surface area contributed by atoms with Crippen LogP contribution in [0.1, 0.15) is 44.9 Å². The monoisotopic (exact) mass is 341 g/mol. The van der Waals surface area contributed by atoms with Gasteiger partial charge in [0.2, 0.25) is 10.0 Å². The van der Waals surface area contributed by atoms with Gasteiger partial charge in [0.05, 0.1) is 16.8 Å². The first-order chi connectivity index (χ1) is 9.73. The summed E-state index contributed by atoms with van der Waals surface area (Å²) in [6, 6.07) is 0. The summed E-state index contributed by atoms with van der Waals surface area (Å²) in [4.78, 5) is 10.3. The van der Waals surface area contributed by atoms with Crippen molar-refractivity contribution < 1.29 is 26.7 Å². The van der Waals surface area contributed by atoms with Crippen molar-refractivity contribution in [1.82, 2.24) is 4.72 Å². The van der Waals surface area contributed by atoms with Gasteiger partial charge in [-0.1, -0.05) is 12.8 Å². The van der Waals surface area contributed by atoms with E-state index in [0.29, 0.717) is 19.4 Å². The van der Waals surface area contributed by atoms with E-state index in [9.17, 15) is 21.6 Å². The van der Waals surface area contributed by atoms with Crippen LogP contribution < -0.4 is 4.72 Å². The molecule has 0 aromatic carbocycles. The van der Waals surface area contributed by atoms with E-state index in [-0.39, 0.29) is 30.8 Å². The van der Waals surface area contributed by atoms with E-state index in [1.165, 1.54) is 0 Å². The van der Waals surface area contributed by atoms with Crippen LogP contribution >= 0.6 is 0 Å². The Labute approximate surface area is 126 Å². The number of unbranched alkanes of at least 4 members (excludes halogenated alkanes) is 3. The molecule has 0 bridgehead atoms. The Morgan fingerprint density at radius 2 is 1.67 bits per heavy atom. The SMILES string of the molecule is O=C(O)CCCCCCNS(=O)(=O)C1CCS(=O)(=O)CC1. The van der Waals surface area contributed by atoms with E-state index in [0.717, 1.165) is 12.8 Å². The molecule has 124 valence electrons. The molecule has 0 atom stereocenters. The summed E-state index contributed by atoms with van der Waals surface area (Å²) in [5, 5.41) is 7.85. The Kier molecular flexibility index (Phi) is 7.08. The number of sulfone groups is 1. The molecule has 0 aliphatic carbocycles. The predicted octanol–water partition coefficient (Wildman–Crippen LogP) is 0.518. The molecule has 1 fully saturated rings. The zero-order valence-corrected chi connectivity index (χ0v) is 13.6. The lowest BCUT2D eigenvalue weighted by Gasteiger charge is -2.22. The molecule has 21 heavy (non-hydrogen) atoms. The third-order valence-corrected chi connectivity index (χ3v) is 7.23. The van der Waals surface area contributed by atoms with Crippen LogP contribution in [0.3, 0.4) is 0 Å². The highest BCUT2D eigenvalue weighted by Crippen LogP contribution is 2.18. The molecule has 1 rings (SSSR count). The van der Waals surface area contributed by atoms with E-state index < -0.39 is 31.1 Å². The van der Waals surface area contributed by atoms with Crippen LogP contribution in [-0.4, -0.2) is 51.2 Å². The molecule has 0 aromatic heterocycles. The van der Waals surface area contributed by atoms with Crippen LogP contribution in [0.15, 0.2) is 0 Å². The van der Waals surface area contributed by atoms with Crippen molar-refractivity contribution in [2.24, 2.45) is 0 Å². The van der Waals surface area contributed by atoms with Crippen molar-refractivity contribution in [2.45, 2.75) is 50.2 Å². The molecular formula is C12H23NO6S2. The first kappa shape index (κ1) is 18.4. The summed E-state index contributed by atoms with van der Waals surface area (Å²) >= 11 is 0. The summed E-state index contributed by atoms with van der Waals surface area (Å²) in [6.45, 7) is 0.318. The molecule has 1 aliphatic rings. The second kappa shape index (κ2) is 8.09. The van der Waals surface area contributed by atoms with E-state index in [1.54, 1.807) is 0 Å². The van der Waals surface area contributed by atoms with Crippen LogP contribution in [0, 0.1) is 0 Å². The van der Waals surface area contributed by atoms with Crippen molar-refractivity contribution in [3.05, 3.63) is 0 Å². The smallest absolute Gasteiger partial charge is 0.303 e. The van der Waals surface area contributed by atoms with Crippen molar-refractivity contribution in [3.63, 3.8) is 0 Å². The van der Waals surface area contributed by atoms with Gasteiger partial charge >= 0.3 is 5.97 Å². The minimum absolute atomic E-state index is 0.0617.